The van der Waals surface area contributed by atoms with Crippen molar-refractivity contribution >= 4 is 12.0 Å². The highest BCUT2D eigenvalue weighted by Crippen LogP contribution is 2.21. The molecule has 1 N–H and O–H groups in total. The number of carbonyl (C=O) groups excluding carboxylic acids is 1. The quantitative estimate of drug-likeness (QED) is 0.787. The van der Waals surface area contributed by atoms with E-state index < -0.39 is 0 Å². The van der Waals surface area contributed by atoms with Gasteiger partial charge in [-0.05, 0) is 44.8 Å². The normalized spacial score (nSPS) is 12.4. The Kier molecular flexibility index (Phi) is 6.78. The van der Waals surface area contributed by atoms with Crippen molar-refractivity contribution in [2.45, 2.75) is 13.0 Å². The van der Waals surface area contributed by atoms with Crippen LogP contribution in [0.3, 0.4) is 0 Å². The highest BCUT2D eigenvalue weighted by molar-refractivity contribution is 5.92. The number of methoxy groups -OCH3 is 1. The minimum absolute atomic E-state index is 0.0623. The van der Waals surface area contributed by atoms with Gasteiger partial charge in [-0.3, -0.25) is 4.79 Å². The van der Waals surface area contributed by atoms with Gasteiger partial charge < -0.3 is 15.0 Å². The number of aryl methyl sites for hydroxylation is 1. The van der Waals surface area contributed by atoms with Crippen LogP contribution >= 0.6 is 0 Å². The summed E-state index contributed by atoms with van der Waals surface area (Å²) < 4.78 is 5.35. The molecule has 1 amide bonds. The molecule has 0 saturated carbocycles. The van der Waals surface area contributed by atoms with Crippen molar-refractivity contribution in [1.29, 1.82) is 0 Å². The Hall–Kier alpha value is -2.59. The number of ether oxygens (including phenoxy) is 1. The lowest BCUT2D eigenvalue weighted by molar-refractivity contribution is -0.117. The monoisotopic (exact) mass is 338 g/mol. The Morgan fingerprint density at radius 1 is 1.20 bits per heavy atom. The van der Waals surface area contributed by atoms with Gasteiger partial charge in [0.05, 0.1) is 13.2 Å². The largest absolute Gasteiger partial charge is 0.496 e. The van der Waals surface area contributed by atoms with Gasteiger partial charge in [-0.2, -0.15) is 0 Å². The molecule has 0 unspecified atom stereocenters. The molecule has 2 aromatic carbocycles. The molecule has 0 aliphatic heterocycles. The second-order valence-corrected chi connectivity index (χ2v) is 6.31. The fourth-order valence-electron chi connectivity index (χ4n) is 2.65. The molecule has 0 aliphatic rings. The second-order valence-electron chi connectivity index (χ2n) is 6.31. The van der Waals surface area contributed by atoms with Gasteiger partial charge >= 0.3 is 0 Å². The topological polar surface area (TPSA) is 41.6 Å². The number of nitrogens with one attached hydrogen (secondary N) is 1. The van der Waals surface area contributed by atoms with E-state index in [1.54, 1.807) is 19.3 Å². The Balaban J connectivity index is 2.12. The third-order valence-corrected chi connectivity index (χ3v) is 3.87. The summed E-state index contributed by atoms with van der Waals surface area (Å²) in [7, 11) is 5.62. The average Bonchev–Trinajstić information content (AvgIpc) is 2.60. The van der Waals surface area contributed by atoms with E-state index in [0.717, 1.165) is 29.0 Å². The molecular weight excluding hydrogens is 312 g/mol. The maximum absolute atomic E-state index is 12.4. The Bertz CT molecular complexity index is 724. The Labute approximate surface area is 150 Å². The van der Waals surface area contributed by atoms with Crippen molar-refractivity contribution < 1.29 is 9.53 Å². The first kappa shape index (κ1) is 18.7. The molecule has 1 atom stereocenters. The van der Waals surface area contributed by atoms with E-state index in [1.165, 1.54) is 0 Å². The Morgan fingerprint density at radius 3 is 2.56 bits per heavy atom. The molecule has 0 aromatic heterocycles. The number of hydrogen-bond donors (Lipinski definition) is 1. The van der Waals surface area contributed by atoms with Crippen molar-refractivity contribution in [3.8, 4) is 5.75 Å². The molecular formula is C21H26N2O2. The molecule has 2 rings (SSSR count). The average molecular weight is 338 g/mol. The number of hydrogen-bond acceptors (Lipinski definition) is 3. The van der Waals surface area contributed by atoms with Gasteiger partial charge in [0.25, 0.3) is 0 Å². The predicted molar refractivity (Wildman–Crippen MR) is 103 cm³/mol. The molecule has 0 spiro atoms. The summed E-state index contributed by atoms with van der Waals surface area (Å²) in [6.07, 6.45) is 3.35. The fraction of sp³-hybridized carbons (Fsp3) is 0.286. The van der Waals surface area contributed by atoms with Crippen molar-refractivity contribution in [1.82, 2.24) is 10.2 Å². The maximum atomic E-state index is 12.4. The van der Waals surface area contributed by atoms with Gasteiger partial charge in [0.15, 0.2) is 0 Å². The minimum Gasteiger partial charge on any atom is -0.496 e. The van der Waals surface area contributed by atoms with E-state index in [1.807, 2.05) is 69.6 Å². The van der Waals surface area contributed by atoms with Crippen molar-refractivity contribution in [2.24, 2.45) is 0 Å². The first-order valence-corrected chi connectivity index (χ1v) is 8.32. The fourth-order valence-corrected chi connectivity index (χ4v) is 2.65. The summed E-state index contributed by atoms with van der Waals surface area (Å²) >= 11 is 0. The predicted octanol–water partition coefficient (Wildman–Crippen LogP) is 3.44. The smallest absolute Gasteiger partial charge is 0.244 e. The summed E-state index contributed by atoms with van der Waals surface area (Å²) in [5, 5.41) is 3.08. The van der Waals surface area contributed by atoms with Crippen LogP contribution < -0.4 is 10.1 Å². The summed E-state index contributed by atoms with van der Waals surface area (Å²) in [6.45, 7) is 2.75. The highest BCUT2D eigenvalue weighted by Gasteiger charge is 2.14. The number of rotatable bonds is 7. The van der Waals surface area contributed by atoms with Crippen LogP contribution in [0.1, 0.15) is 22.7 Å². The molecule has 0 aliphatic carbocycles. The molecule has 132 valence electrons. The number of benzene rings is 2. The standard InChI is InChI=1S/C21H26N2O2/c1-16-10-12-20(25-4)18(14-16)11-13-21(24)22-19(15-23(2)3)17-8-6-5-7-9-17/h5-14,19H,15H2,1-4H3,(H,22,24)/b13-11+/t19-/m1/s1. The van der Waals surface area contributed by atoms with E-state index in [0.29, 0.717) is 0 Å². The molecule has 0 bridgehead atoms. The third-order valence-electron chi connectivity index (χ3n) is 3.87. The highest BCUT2D eigenvalue weighted by atomic mass is 16.5. The van der Waals surface area contributed by atoms with Crippen LogP contribution in [-0.4, -0.2) is 38.6 Å². The van der Waals surface area contributed by atoms with Crippen molar-refractivity contribution in [3.63, 3.8) is 0 Å². The van der Waals surface area contributed by atoms with Crippen molar-refractivity contribution in [2.75, 3.05) is 27.7 Å². The SMILES string of the molecule is COc1ccc(C)cc1/C=C/C(=O)N[C@H](CN(C)C)c1ccccc1. The molecule has 4 nitrogen and oxygen atoms in total. The zero-order valence-corrected chi connectivity index (χ0v) is 15.3. The van der Waals surface area contributed by atoms with E-state index in [-0.39, 0.29) is 11.9 Å². The molecule has 2 aromatic rings. The molecule has 4 heteroatoms. The van der Waals surface area contributed by atoms with Crippen LogP contribution in [0.4, 0.5) is 0 Å². The summed E-state index contributed by atoms with van der Waals surface area (Å²) in [5.41, 5.74) is 3.10. The first-order valence-electron chi connectivity index (χ1n) is 8.32. The van der Waals surface area contributed by atoms with Crippen LogP contribution in [0.15, 0.2) is 54.6 Å². The summed E-state index contributed by atoms with van der Waals surface area (Å²) in [4.78, 5) is 14.5. The number of nitrogens with zero attached hydrogens (tertiary/aromatic N) is 1. The van der Waals surface area contributed by atoms with Gasteiger partial charge in [0.2, 0.25) is 5.91 Å². The maximum Gasteiger partial charge on any atom is 0.244 e. The lowest BCUT2D eigenvalue weighted by Crippen LogP contribution is -2.34. The van der Waals surface area contributed by atoms with Crippen LogP contribution in [0.25, 0.3) is 6.08 Å². The van der Waals surface area contributed by atoms with E-state index in [2.05, 4.69) is 10.2 Å². The van der Waals surface area contributed by atoms with Crippen LogP contribution in [0, 0.1) is 6.92 Å². The van der Waals surface area contributed by atoms with Crippen molar-refractivity contribution in [3.05, 3.63) is 71.3 Å². The van der Waals surface area contributed by atoms with Crippen LogP contribution in [0.5, 0.6) is 5.75 Å². The van der Waals surface area contributed by atoms with Crippen LogP contribution in [-0.2, 0) is 4.79 Å². The number of carbonyl (C=O) groups is 1. The molecule has 0 fully saturated rings. The van der Waals surface area contributed by atoms with E-state index >= 15 is 0 Å². The minimum atomic E-state index is -0.126. The second kappa shape index (κ2) is 9.04. The lowest BCUT2D eigenvalue weighted by atomic mass is 10.1. The van der Waals surface area contributed by atoms with E-state index in [4.69, 9.17) is 4.74 Å². The van der Waals surface area contributed by atoms with Gasteiger partial charge in [0, 0.05) is 18.2 Å². The molecule has 0 saturated heterocycles. The van der Waals surface area contributed by atoms with Gasteiger partial charge in [-0.1, -0.05) is 42.0 Å². The summed E-state index contributed by atoms with van der Waals surface area (Å²) in [6, 6.07) is 15.8. The molecule has 0 heterocycles. The zero-order valence-electron chi connectivity index (χ0n) is 15.3. The number of amides is 1. The number of likely N-dealkylation sites (N-methyl/N-ethyl adjacent to an activating group) is 1. The first-order chi connectivity index (χ1) is 12.0. The zero-order chi connectivity index (χ0) is 18.2. The Morgan fingerprint density at radius 2 is 1.92 bits per heavy atom. The third kappa shape index (κ3) is 5.76. The molecule has 25 heavy (non-hydrogen) atoms. The van der Waals surface area contributed by atoms with E-state index in [9.17, 15) is 4.79 Å². The van der Waals surface area contributed by atoms with Gasteiger partial charge in [-0.25, -0.2) is 0 Å². The summed E-state index contributed by atoms with van der Waals surface area (Å²) in [5.74, 6) is 0.627. The lowest BCUT2D eigenvalue weighted by Gasteiger charge is -2.22. The van der Waals surface area contributed by atoms with Crippen LogP contribution in [0.2, 0.25) is 0 Å². The molecule has 0 radical (unpaired) electrons. The van der Waals surface area contributed by atoms with Gasteiger partial charge in [-0.15, -0.1) is 0 Å². The van der Waals surface area contributed by atoms with Gasteiger partial charge in [0.1, 0.15) is 5.75 Å².